The lowest BCUT2D eigenvalue weighted by Gasteiger charge is -2.40. The summed E-state index contributed by atoms with van der Waals surface area (Å²) in [5.41, 5.74) is 2.60. The third-order valence-corrected chi connectivity index (χ3v) is 7.71. The van der Waals surface area contributed by atoms with Gasteiger partial charge >= 0.3 is 0 Å². The van der Waals surface area contributed by atoms with Crippen LogP contribution < -0.4 is 9.80 Å². The van der Waals surface area contributed by atoms with Crippen LogP contribution in [0.1, 0.15) is 24.4 Å². The van der Waals surface area contributed by atoms with Gasteiger partial charge in [-0.3, -0.25) is 14.4 Å². The molecule has 1 aliphatic rings. The molecule has 4 rings (SSSR count). The van der Waals surface area contributed by atoms with Crippen molar-refractivity contribution in [2.75, 3.05) is 36.2 Å². The van der Waals surface area contributed by atoms with Crippen molar-refractivity contribution in [1.29, 1.82) is 0 Å². The first-order chi connectivity index (χ1) is 17.0. The fourth-order valence-corrected chi connectivity index (χ4v) is 5.54. The van der Waals surface area contributed by atoms with Gasteiger partial charge in [0.2, 0.25) is 11.8 Å². The van der Waals surface area contributed by atoms with Crippen molar-refractivity contribution < 1.29 is 27.2 Å². The molecule has 0 saturated carbocycles. The number of sulfone groups is 1. The Morgan fingerprint density at radius 2 is 1.67 bits per heavy atom. The zero-order chi connectivity index (χ0) is 26.2. The van der Waals surface area contributed by atoms with Crippen molar-refractivity contribution in [3.63, 3.8) is 0 Å². The van der Waals surface area contributed by atoms with Gasteiger partial charge in [0.15, 0.2) is 15.6 Å². The molecule has 0 radical (unpaired) electrons. The molecule has 188 valence electrons. The maximum atomic E-state index is 13.2. The topological polar surface area (TPSA) is 108 Å². The molecule has 0 N–H and O–H groups in total. The molecule has 0 spiro atoms. The summed E-state index contributed by atoms with van der Waals surface area (Å²) < 4.78 is 30.5. The Morgan fingerprint density at radius 3 is 2.25 bits per heavy atom. The molecule has 0 aliphatic carbocycles. The van der Waals surface area contributed by atoms with Gasteiger partial charge in [0.25, 0.3) is 5.91 Å². The van der Waals surface area contributed by atoms with Crippen molar-refractivity contribution in [1.82, 2.24) is 4.90 Å². The highest BCUT2D eigenvalue weighted by Crippen LogP contribution is 2.39. The van der Waals surface area contributed by atoms with E-state index < -0.39 is 21.5 Å². The van der Waals surface area contributed by atoms with Crippen LogP contribution in [0.5, 0.6) is 0 Å². The van der Waals surface area contributed by atoms with Crippen LogP contribution in [0, 0.1) is 0 Å². The van der Waals surface area contributed by atoms with Crippen molar-refractivity contribution in [3.8, 4) is 11.1 Å². The molecule has 2 aromatic carbocycles. The van der Waals surface area contributed by atoms with E-state index in [1.165, 1.54) is 44.3 Å². The highest BCUT2D eigenvalue weighted by Gasteiger charge is 2.35. The molecule has 0 bridgehead atoms. The van der Waals surface area contributed by atoms with E-state index in [-0.39, 0.29) is 35.1 Å². The summed E-state index contributed by atoms with van der Waals surface area (Å²) in [6.07, 6.45) is 1.43. The van der Waals surface area contributed by atoms with Crippen LogP contribution in [0.3, 0.4) is 0 Å². The molecule has 3 amide bonds. The minimum atomic E-state index is -3.78. The van der Waals surface area contributed by atoms with Gasteiger partial charge in [0.1, 0.15) is 5.75 Å². The maximum absolute atomic E-state index is 13.2. The van der Waals surface area contributed by atoms with Crippen LogP contribution >= 0.6 is 0 Å². The second-order valence-corrected chi connectivity index (χ2v) is 10.9. The Labute approximate surface area is 209 Å². The lowest BCUT2D eigenvalue weighted by Crippen LogP contribution is -2.51. The van der Waals surface area contributed by atoms with E-state index in [2.05, 4.69) is 0 Å². The molecule has 0 saturated heterocycles. The van der Waals surface area contributed by atoms with Crippen molar-refractivity contribution in [2.24, 2.45) is 0 Å². The zero-order valence-electron chi connectivity index (χ0n) is 20.5. The Morgan fingerprint density at radius 1 is 1.00 bits per heavy atom. The van der Waals surface area contributed by atoms with Gasteiger partial charge in [0, 0.05) is 27.6 Å². The molecular formula is C26H27N3O6S. The predicted molar refractivity (Wildman–Crippen MR) is 136 cm³/mol. The standard InChI is InChI=1S/C26H27N3O6S/c1-17-15-28(26(32)24-6-5-13-35-24)23-14-20(9-12-22(23)29(17)18(2)30)19-7-10-21(11-8-19)36(33,34)16-25(31)27(3)4/h5-14,17H,15-16H2,1-4H3/t17-/m0/s1. The van der Waals surface area contributed by atoms with Gasteiger partial charge in [-0.05, 0) is 54.4 Å². The second kappa shape index (κ2) is 9.62. The summed E-state index contributed by atoms with van der Waals surface area (Å²) in [6, 6.07) is 14.6. The van der Waals surface area contributed by atoms with Crippen molar-refractivity contribution >= 4 is 38.9 Å². The number of carbonyl (C=O) groups is 3. The molecular weight excluding hydrogens is 482 g/mol. The number of hydrogen-bond acceptors (Lipinski definition) is 6. The van der Waals surface area contributed by atoms with E-state index in [1.807, 2.05) is 13.0 Å². The summed E-state index contributed by atoms with van der Waals surface area (Å²) in [5.74, 6) is -1.37. The van der Waals surface area contributed by atoms with E-state index in [9.17, 15) is 22.8 Å². The van der Waals surface area contributed by atoms with Crippen molar-refractivity contribution in [3.05, 3.63) is 66.6 Å². The SMILES string of the molecule is CC(=O)N1c2ccc(-c3ccc(S(=O)(=O)CC(=O)N(C)C)cc3)cc2N(C(=O)c2ccco2)C[C@@H]1C. The van der Waals surface area contributed by atoms with Gasteiger partial charge < -0.3 is 19.1 Å². The molecule has 1 aromatic heterocycles. The van der Waals surface area contributed by atoms with Gasteiger partial charge in [-0.2, -0.15) is 0 Å². The number of furan rings is 1. The average Bonchev–Trinajstić information content (AvgIpc) is 3.37. The lowest BCUT2D eigenvalue weighted by atomic mass is 10.0. The zero-order valence-corrected chi connectivity index (χ0v) is 21.3. The number of anilines is 2. The molecule has 1 atom stereocenters. The summed E-state index contributed by atoms with van der Waals surface area (Å²) in [5, 5.41) is 0. The molecule has 0 unspecified atom stereocenters. The third-order valence-electron chi connectivity index (χ3n) is 6.09. The summed E-state index contributed by atoms with van der Waals surface area (Å²) >= 11 is 0. The number of carbonyl (C=O) groups excluding carboxylic acids is 3. The van der Waals surface area contributed by atoms with Crippen LogP contribution in [0.15, 0.2) is 70.2 Å². The van der Waals surface area contributed by atoms with Crippen LogP contribution in [-0.2, 0) is 19.4 Å². The minimum Gasteiger partial charge on any atom is -0.459 e. The second-order valence-electron chi connectivity index (χ2n) is 8.91. The van der Waals surface area contributed by atoms with Crippen molar-refractivity contribution in [2.45, 2.75) is 24.8 Å². The Hall–Kier alpha value is -3.92. The Kier molecular flexibility index (Phi) is 6.73. The van der Waals surface area contributed by atoms with Crippen LogP contribution in [0.25, 0.3) is 11.1 Å². The van der Waals surface area contributed by atoms with E-state index in [0.717, 1.165) is 5.56 Å². The molecule has 10 heteroatoms. The van der Waals surface area contributed by atoms with E-state index in [4.69, 9.17) is 4.42 Å². The molecule has 36 heavy (non-hydrogen) atoms. The van der Waals surface area contributed by atoms with E-state index in [0.29, 0.717) is 16.9 Å². The smallest absolute Gasteiger partial charge is 0.294 e. The predicted octanol–water partition coefficient (Wildman–Crippen LogP) is 3.21. The number of hydrogen-bond donors (Lipinski definition) is 0. The molecule has 2 heterocycles. The average molecular weight is 510 g/mol. The lowest BCUT2D eigenvalue weighted by molar-refractivity contribution is -0.126. The first kappa shape index (κ1) is 25.2. The van der Waals surface area contributed by atoms with Gasteiger partial charge in [-0.1, -0.05) is 18.2 Å². The molecule has 1 aliphatic heterocycles. The number of benzene rings is 2. The van der Waals surface area contributed by atoms with Gasteiger partial charge in [0.05, 0.1) is 28.6 Å². The highest BCUT2D eigenvalue weighted by atomic mass is 32.2. The first-order valence-electron chi connectivity index (χ1n) is 11.3. The van der Waals surface area contributed by atoms with E-state index in [1.54, 1.807) is 46.2 Å². The summed E-state index contributed by atoms with van der Waals surface area (Å²) in [4.78, 5) is 42.1. The maximum Gasteiger partial charge on any atom is 0.294 e. The largest absolute Gasteiger partial charge is 0.459 e. The monoisotopic (exact) mass is 509 g/mol. The Bertz CT molecular complexity index is 1410. The van der Waals surface area contributed by atoms with Crippen LogP contribution in [-0.4, -0.2) is 63.5 Å². The fraction of sp³-hybridized carbons (Fsp3) is 0.269. The number of nitrogens with zero attached hydrogens (tertiary/aromatic N) is 3. The number of fused-ring (bicyclic) bond motifs is 1. The highest BCUT2D eigenvalue weighted by molar-refractivity contribution is 7.92. The molecule has 3 aromatic rings. The van der Waals surface area contributed by atoms with Gasteiger partial charge in [-0.25, -0.2) is 8.42 Å². The first-order valence-corrected chi connectivity index (χ1v) is 13.0. The normalized spacial score (nSPS) is 15.4. The number of rotatable bonds is 5. The van der Waals surface area contributed by atoms with E-state index >= 15 is 0 Å². The van der Waals surface area contributed by atoms with Crippen LogP contribution in [0.2, 0.25) is 0 Å². The Balaban J connectivity index is 1.72. The molecule has 0 fully saturated rings. The third kappa shape index (κ3) is 4.76. The number of amides is 3. The quantitative estimate of drug-likeness (QED) is 0.523. The van der Waals surface area contributed by atoms with Crippen LogP contribution in [0.4, 0.5) is 11.4 Å². The van der Waals surface area contributed by atoms with Gasteiger partial charge in [-0.15, -0.1) is 0 Å². The summed E-state index contributed by atoms with van der Waals surface area (Å²) in [6.45, 7) is 3.64. The molecule has 9 nitrogen and oxygen atoms in total. The fourth-order valence-electron chi connectivity index (χ4n) is 4.24. The minimum absolute atomic E-state index is 0.0469. The summed E-state index contributed by atoms with van der Waals surface area (Å²) in [7, 11) is -0.775.